The molecular formula is C22H22N2O3S. The summed E-state index contributed by atoms with van der Waals surface area (Å²) in [6.45, 7) is 5.73. The molecule has 28 heavy (non-hydrogen) atoms. The van der Waals surface area contributed by atoms with E-state index in [2.05, 4.69) is 10.6 Å². The van der Waals surface area contributed by atoms with Gasteiger partial charge in [0.25, 0.3) is 5.91 Å². The van der Waals surface area contributed by atoms with Crippen molar-refractivity contribution in [3.63, 3.8) is 0 Å². The Hall–Kier alpha value is -3.12. The number of carbonyl (C=O) groups excluding carboxylic acids is 2. The zero-order valence-corrected chi connectivity index (χ0v) is 16.9. The van der Waals surface area contributed by atoms with Crippen LogP contribution in [0.1, 0.15) is 33.3 Å². The Morgan fingerprint density at radius 3 is 2.29 bits per heavy atom. The summed E-state index contributed by atoms with van der Waals surface area (Å²) in [4.78, 5) is 25.2. The van der Waals surface area contributed by atoms with Crippen molar-refractivity contribution < 1.29 is 14.3 Å². The topological polar surface area (TPSA) is 67.4 Å². The van der Waals surface area contributed by atoms with Crippen LogP contribution in [0, 0.1) is 13.8 Å². The van der Waals surface area contributed by atoms with Gasteiger partial charge >= 0.3 is 0 Å². The van der Waals surface area contributed by atoms with Gasteiger partial charge in [-0.05, 0) is 49.2 Å². The Morgan fingerprint density at radius 2 is 1.64 bits per heavy atom. The maximum atomic E-state index is 12.8. The fourth-order valence-corrected chi connectivity index (χ4v) is 3.82. The van der Waals surface area contributed by atoms with Crippen LogP contribution < -0.4 is 15.4 Å². The first-order valence-electron chi connectivity index (χ1n) is 8.89. The minimum absolute atomic E-state index is 0.199. The van der Waals surface area contributed by atoms with Crippen LogP contribution >= 0.6 is 11.3 Å². The quantitative estimate of drug-likeness (QED) is 0.607. The molecule has 0 aliphatic heterocycles. The van der Waals surface area contributed by atoms with Gasteiger partial charge < -0.3 is 15.4 Å². The summed E-state index contributed by atoms with van der Waals surface area (Å²) >= 11 is 1.40. The molecule has 0 bridgehead atoms. The number of nitrogens with one attached hydrogen (secondary N) is 2. The Morgan fingerprint density at radius 1 is 0.964 bits per heavy atom. The van der Waals surface area contributed by atoms with Crippen molar-refractivity contribution in [3.8, 4) is 5.75 Å². The van der Waals surface area contributed by atoms with Crippen LogP contribution in [0.5, 0.6) is 5.75 Å². The Bertz CT molecular complexity index is 979. The number of hydrogen-bond donors (Lipinski definition) is 2. The maximum Gasteiger partial charge on any atom is 0.258 e. The molecule has 6 heteroatoms. The number of rotatable bonds is 6. The lowest BCUT2D eigenvalue weighted by Gasteiger charge is -2.10. The fraction of sp³-hybridized carbons (Fsp3) is 0.182. The smallest absolute Gasteiger partial charge is 0.258 e. The van der Waals surface area contributed by atoms with E-state index in [1.54, 1.807) is 12.1 Å². The first-order chi connectivity index (χ1) is 13.4. The molecule has 0 atom stereocenters. The predicted molar refractivity (Wildman–Crippen MR) is 113 cm³/mol. The SMILES string of the molecule is CC(=O)Nc1sc(C)c(C)c1C(=O)Nc1ccc(OCc2ccccc2)cc1. The van der Waals surface area contributed by atoms with Crippen LogP contribution in [-0.4, -0.2) is 11.8 Å². The Labute approximate surface area is 168 Å². The highest BCUT2D eigenvalue weighted by atomic mass is 32.1. The largest absolute Gasteiger partial charge is 0.489 e. The molecule has 2 amide bonds. The van der Waals surface area contributed by atoms with Crippen LogP contribution in [0.25, 0.3) is 0 Å². The van der Waals surface area contributed by atoms with Gasteiger partial charge in [0.15, 0.2) is 0 Å². The average Bonchev–Trinajstić information content (AvgIpc) is 2.95. The monoisotopic (exact) mass is 394 g/mol. The third-order valence-corrected chi connectivity index (χ3v) is 5.39. The highest BCUT2D eigenvalue weighted by molar-refractivity contribution is 7.16. The molecule has 0 aliphatic carbocycles. The zero-order valence-electron chi connectivity index (χ0n) is 16.0. The fourth-order valence-electron chi connectivity index (χ4n) is 2.72. The summed E-state index contributed by atoms with van der Waals surface area (Å²) in [5.74, 6) is 0.280. The molecule has 0 spiro atoms. The standard InChI is InChI=1S/C22H22N2O3S/c1-14-15(2)28-22(23-16(3)25)20(14)21(26)24-18-9-11-19(12-10-18)27-13-17-7-5-4-6-8-17/h4-12H,13H2,1-3H3,(H,23,25)(H,24,26). The van der Waals surface area contributed by atoms with Crippen LogP contribution in [0.2, 0.25) is 0 Å². The zero-order chi connectivity index (χ0) is 20.1. The lowest BCUT2D eigenvalue weighted by atomic mass is 10.1. The molecule has 0 fully saturated rings. The molecule has 0 radical (unpaired) electrons. The Kier molecular flexibility index (Phi) is 6.11. The predicted octanol–water partition coefficient (Wildman–Crippen LogP) is 5.15. The third kappa shape index (κ3) is 4.78. The van der Waals surface area contributed by atoms with Crippen molar-refractivity contribution in [2.45, 2.75) is 27.4 Å². The molecule has 2 N–H and O–H groups in total. The van der Waals surface area contributed by atoms with Crippen LogP contribution in [0.15, 0.2) is 54.6 Å². The highest BCUT2D eigenvalue weighted by Gasteiger charge is 2.20. The number of anilines is 2. The highest BCUT2D eigenvalue weighted by Crippen LogP contribution is 2.33. The molecule has 144 valence electrons. The van der Waals surface area contributed by atoms with Crippen LogP contribution in [0.3, 0.4) is 0 Å². The lowest BCUT2D eigenvalue weighted by molar-refractivity contribution is -0.114. The van der Waals surface area contributed by atoms with Crippen LogP contribution in [0.4, 0.5) is 10.7 Å². The van der Waals surface area contributed by atoms with Crippen molar-refractivity contribution in [2.75, 3.05) is 10.6 Å². The normalized spacial score (nSPS) is 10.4. The lowest BCUT2D eigenvalue weighted by Crippen LogP contribution is -2.16. The summed E-state index contributed by atoms with van der Waals surface area (Å²) in [6.07, 6.45) is 0. The van der Waals surface area contributed by atoms with E-state index in [1.807, 2.05) is 56.3 Å². The number of thiophene rings is 1. The molecule has 2 aromatic carbocycles. The third-order valence-electron chi connectivity index (χ3n) is 4.26. The van der Waals surface area contributed by atoms with Crippen molar-refractivity contribution in [2.24, 2.45) is 0 Å². The molecule has 0 aliphatic rings. The molecule has 1 heterocycles. The second-order valence-electron chi connectivity index (χ2n) is 6.42. The van der Waals surface area contributed by atoms with Gasteiger partial charge in [-0.15, -0.1) is 11.3 Å². The number of amides is 2. The van der Waals surface area contributed by atoms with E-state index in [4.69, 9.17) is 4.74 Å². The van der Waals surface area contributed by atoms with Crippen molar-refractivity contribution in [1.29, 1.82) is 0 Å². The summed E-state index contributed by atoms with van der Waals surface area (Å²) in [5, 5.41) is 6.20. The molecule has 0 saturated carbocycles. The van der Waals surface area contributed by atoms with E-state index in [0.717, 1.165) is 21.8 Å². The van der Waals surface area contributed by atoms with E-state index in [9.17, 15) is 9.59 Å². The van der Waals surface area contributed by atoms with Gasteiger partial charge in [-0.1, -0.05) is 30.3 Å². The number of ether oxygens (including phenoxy) is 1. The molecule has 1 aromatic heterocycles. The van der Waals surface area contributed by atoms with Crippen LogP contribution in [-0.2, 0) is 11.4 Å². The minimum Gasteiger partial charge on any atom is -0.489 e. The first-order valence-corrected chi connectivity index (χ1v) is 9.71. The second kappa shape index (κ2) is 8.71. The van der Waals surface area contributed by atoms with E-state index < -0.39 is 0 Å². The summed E-state index contributed by atoms with van der Waals surface area (Å²) in [5.41, 5.74) is 3.12. The molecule has 3 aromatic rings. The van der Waals surface area contributed by atoms with Gasteiger partial charge in [-0.2, -0.15) is 0 Å². The second-order valence-corrected chi connectivity index (χ2v) is 7.65. The van der Waals surface area contributed by atoms with Crippen molar-refractivity contribution in [3.05, 3.63) is 76.2 Å². The van der Waals surface area contributed by atoms with Gasteiger partial charge in [0, 0.05) is 17.5 Å². The van der Waals surface area contributed by atoms with E-state index in [-0.39, 0.29) is 11.8 Å². The molecule has 5 nitrogen and oxygen atoms in total. The number of benzene rings is 2. The van der Waals surface area contributed by atoms with E-state index >= 15 is 0 Å². The summed E-state index contributed by atoms with van der Waals surface area (Å²) < 4.78 is 5.76. The van der Waals surface area contributed by atoms with Gasteiger partial charge in [-0.3, -0.25) is 9.59 Å². The Balaban J connectivity index is 1.67. The van der Waals surface area contributed by atoms with Gasteiger partial charge in [-0.25, -0.2) is 0 Å². The summed E-state index contributed by atoms with van der Waals surface area (Å²) in [7, 11) is 0. The molecular weight excluding hydrogens is 372 g/mol. The molecule has 3 rings (SSSR count). The van der Waals surface area contributed by atoms with Crippen molar-refractivity contribution in [1.82, 2.24) is 0 Å². The van der Waals surface area contributed by atoms with Gasteiger partial charge in [0.05, 0.1) is 5.56 Å². The molecule has 0 saturated heterocycles. The molecule has 0 unspecified atom stereocenters. The number of hydrogen-bond acceptors (Lipinski definition) is 4. The van der Waals surface area contributed by atoms with Crippen molar-refractivity contribution >= 4 is 33.8 Å². The van der Waals surface area contributed by atoms with E-state index in [0.29, 0.717) is 22.9 Å². The number of carbonyl (C=O) groups is 2. The first kappa shape index (κ1) is 19.6. The van der Waals surface area contributed by atoms with E-state index in [1.165, 1.54) is 18.3 Å². The maximum absolute atomic E-state index is 12.8. The average molecular weight is 394 g/mol. The van der Waals surface area contributed by atoms with Gasteiger partial charge in [0.1, 0.15) is 17.4 Å². The summed E-state index contributed by atoms with van der Waals surface area (Å²) in [6, 6.07) is 17.2. The number of aryl methyl sites for hydroxylation is 1. The van der Waals surface area contributed by atoms with Gasteiger partial charge in [0.2, 0.25) is 5.91 Å². The minimum atomic E-state index is -0.247.